The third-order valence-corrected chi connectivity index (χ3v) is 1.51. The number of aromatic hydroxyl groups is 3. The molecule has 0 unspecified atom stereocenters. The molecule has 0 aliphatic carbocycles. The monoisotopic (exact) mass is 166 g/mol. The van der Waals surface area contributed by atoms with Crippen molar-refractivity contribution in [2.75, 3.05) is 0 Å². The molecule has 0 aromatic heterocycles. The average Bonchev–Trinajstić information content (AvgIpc) is 1.82. The summed E-state index contributed by atoms with van der Waals surface area (Å²) in [6, 6.07) is 2.31. The maximum atomic E-state index is 9.26. The topological polar surface area (TPSA) is 60.7 Å². The third-order valence-electron chi connectivity index (χ3n) is 1.51. The minimum absolute atomic E-state index is 0.167. The van der Waals surface area contributed by atoms with E-state index in [9.17, 15) is 10.2 Å². The number of benzene rings is 1. The fourth-order valence-electron chi connectivity index (χ4n) is 1.03. The summed E-state index contributed by atoms with van der Waals surface area (Å²) in [6.45, 7) is 5.23. The van der Waals surface area contributed by atoms with Crippen LogP contribution < -0.4 is 0 Å². The fraction of sp³-hybridized carbons (Fsp3) is 0.111. The second kappa shape index (κ2) is 2.77. The van der Waals surface area contributed by atoms with E-state index >= 15 is 0 Å². The van der Waals surface area contributed by atoms with Gasteiger partial charge in [0.2, 0.25) is 0 Å². The molecule has 3 N–H and O–H groups in total. The smallest absolute Gasteiger partial charge is 0.130 e. The zero-order valence-electron chi connectivity index (χ0n) is 6.70. The molecule has 0 saturated carbocycles. The number of phenolic OH excluding ortho intramolecular Hbond substituents is 3. The molecule has 0 aliphatic heterocycles. The Balaban J connectivity index is 3.38. The summed E-state index contributed by atoms with van der Waals surface area (Å²) in [5.74, 6) is -0.505. The first-order valence-electron chi connectivity index (χ1n) is 3.43. The van der Waals surface area contributed by atoms with Gasteiger partial charge < -0.3 is 15.3 Å². The van der Waals surface area contributed by atoms with Gasteiger partial charge in [-0.05, 0) is 12.5 Å². The molecule has 1 rings (SSSR count). The quantitative estimate of drug-likeness (QED) is 0.596. The Kier molecular flexibility index (Phi) is 1.95. The van der Waals surface area contributed by atoms with E-state index in [1.807, 2.05) is 0 Å². The van der Waals surface area contributed by atoms with E-state index in [-0.39, 0.29) is 22.8 Å². The van der Waals surface area contributed by atoms with Crippen molar-refractivity contribution in [1.82, 2.24) is 0 Å². The van der Waals surface area contributed by atoms with Crippen LogP contribution in [0, 0.1) is 0 Å². The predicted octanol–water partition coefficient (Wildman–Crippen LogP) is 1.84. The molecule has 0 amide bonds. The molecule has 0 heterocycles. The van der Waals surface area contributed by atoms with E-state index in [0.29, 0.717) is 5.57 Å². The molecule has 0 atom stereocenters. The predicted molar refractivity (Wildman–Crippen MR) is 46.1 cm³/mol. The Labute approximate surface area is 70.2 Å². The maximum Gasteiger partial charge on any atom is 0.130 e. The van der Waals surface area contributed by atoms with E-state index in [1.165, 1.54) is 0 Å². The molecule has 1 aromatic rings. The number of rotatable bonds is 1. The van der Waals surface area contributed by atoms with Gasteiger partial charge in [-0.2, -0.15) is 0 Å². The van der Waals surface area contributed by atoms with Gasteiger partial charge in [0, 0.05) is 12.1 Å². The molecule has 0 spiro atoms. The van der Waals surface area contributed by atoms with Crippen molar-refractivity contribution in [2.45, 2.75) is 6.92 Å². The van der Waals surface area contributed by atoms with Crippen LogP contribution in [0.15, 0.2) is 18.7 Å². The molecule has 0 fully saturated rings. The number of allylic oxidation sites excluding steroid dienone is 1. The lowest BCUT2D eigenvalue weighted by atomic mass is 10.1. The number of phenols is 3. The molecule has 64 valence electrons. The van der Waals surface area contributed by atoms with Gasteiger partial charge in [0.25, 0.3) is 0 Å². The van der Waals surface area contributed by atoms with Crippen molar-refractivity contribution in [3.8, 4) is 17.2 Å². The van der Waals surface area contributed by atoms with Crippen molar-refractivity contribution in [3.05, 3.63) is 24.3 Å². The van der Waals surface area contributed by atoms with E-state index in [2.05, 4.69) is 6.58 Å². The molecule has 0 aliphatic rings. The van der Waals surface area contributed by atoms with Gasteiger partial charge in [0.1, 0.15) is 17.2 Å². The van der Waals surface area contributed by atoms with Crippen LogP contribution in [0.25, 0.3) is 5.57 Å². The fourth-order valence-corrected chi connectivity index (χ4v) is 1.03. The van der Waals surface area contributed by atoms with Crippen molar-refractivity contribution >= 4 is 5.57 Å². The van der Waals surface area contributed by atoms with Crippen LogP contribution in [0.2, 0.25) is 0 Å². The first kappa shape index (κ1) is 8.46. The lowest BCUT2D eigenvalue weighted by Crippen LogP contribution is -1.81. The third kappa shape index (κ3) is 1.34. The molecule has 0 saturated heterocycles. The largest absolute Gasteiger partial charge is 0.508 e. The van der Waals surface area contributed by atoms with Crippen molar-refractivity contribution < 1.29 is 15.3 Å². The van der Waals surface area contributed by atoms with E-state index < -0.39 is 0 Å². The highest BCUT2D eigenvalue weighted by Gasteiger charge is 2.09. The first-order valence-corrected chi connectivity index (χ1v) is 3.43. The average molecular weight is 166 g/mol. The minimum Gasteiger partial charge on any atom is -0.508 e. The highest BCUT2D eigenvalue weighted by atomic mass is 16.3. The van der Waals surface area contributed by atoms with Crippen molar-refractivity contribution in [1.29, 1.82) is 0 Å². The van der Waals surface area contributed by atoms with Gasteiger partial charge in [-0.3, -0.25) is 0 Å². The maximum absolute atomic E-state index is 9.26. The van der Waals surface area contributed by atoms with Crippen LogP contribution >= 0.6 is 0 Å². The van der Waals surface area contributed by atoms with Gasteiger partial charge in [-0.1, -0.05) is 6.58 Å². The molecule has 0 radical (unpaired) electrons. The van der Waals surface area contributed by atoms with Gasteiger partial charge in [-0.15, -0.1) is 0 Å². The van der Waals surface area contributed by atoms with Crippen LogP contribution in [0.5, 0.6) is 17.2 Å². The summed E-state index contributed by atoms with van der Waals surface area (Å²) >= 11 is 0. The molecular weight excluding hydrogens is 156 g/mol. The zero-order chi connectivity index (χ0) is 9.30. The SMILES string of the molecule is C=C(C)c1c(O)cc(O)cc1O. The highest BCUT2D eigenvalue weighted by molar-refractivity contribution is 5.73. The summed E-state index contributed by atoms with van der Waals surface area (Å²) in [5, 5.41) is 27.5. The van der Waals surface area contributed by atoms with E-state index in [0.717, 1.165) is 12.1 Å². The van der Waals surface area contributed by atoms with Crippen LogP contribution in [0.1, 0.15) is 12.5 Å². The van der Waals surface area contributed by atoms with Crippen LogP contribution in [-0.2, 0) is 0 Å². The minimum atomic E-state index is -0.171. The Bertz CT molecular complexity index is 306. The molecule has 0 bridgehead atoms. The zero-order valence-corrected chi connectivity index (χ0v) is 6.70. The van der Waals surface area contributed by atoms with Crippen molar-refractivity contribution in [3.63, 3.8) is 0 Å². The Morgan fingerprint density at radius 3 is 1.92 bits per heavy atom. The summed E-state index contributed by atoms with van der Waals surface area (Å²) in [7, 11) is 0. The molecule has 1 aromatic carbocycles. The number of hydrogen-bond donors (Lipinski definition) is 3. The summed E-state index contributed by atoms with van der Waals surface area (Å²) in [4.78, 5) is 0. The second-order valence-electron chi connectivity index (χ2n) is 2.64. The van der Waals surface area contributed by atoms with Crippen LogP contribution in [-0.4, -0.2) is 15.3 Å². The van der Waals surface area contributed by atoms with Crippen LogP contribution in [0.3, 0.4) is 0 Å². The van der Waals surface area contributed by atoms with Gasteiger partial charge >= 0.3 is 0 Å². The Morgan fingerprint density at radius 2 is 1.58 bits per heavy atom. The Morgan fingerprint density at radius 1 is 1.17 bits per heavy atom. The normalized spacial score (nSPS) is 9.75. The lowest BCUT2D eigenvalue weighted by Gasteiger charge is -2.06. The lowest BCUT2D eigenvalue weighted by molar-refractivity contribution is 0.426. The second-order valence-corrected chi connectivity index (χ2v) is 2.64. The highest BCUT2D eigenvalue weighted by Crippen LogP contribution is 2.35. The standard InChI is InChI=1S/C9H10O3/c1-5(2)9-7(11)3-6(10)4-8(9)12/h3-4,10-12H,1H2,2H3. The Hall–Kier alpha value is -1.64. The van der Waals surface area contributed by atoms with Crippen LogP contribution in [0.4, 0.5) is 0 Å². The first-order chi connectivity index (χ1) is 5.52. The molecule has 12 heavy (non-hydrogen) atoms. The van der Waals surface area contributed by atoms with Gasteiger partial charge in [0.15, 0.2) is 0 Å². The number of hydrogen-bond acceptors (Lipinski definition) is 3. The van der Waals surface area contributed by atoms with Gasteiger partial charge in [0.05, 0.1) is 5.56 Å². The van der Waals surface area contributed by atoms with E-state index in [4.69, 9.17) is 5.11 Å². The van der Waals surface area contributed by atoms with Gasteiger partial charge in [-0.25, -0.2) is 0 Å². The summed E-state index contributed by atoms with van der Waals surface area (Å²) in [5.41, 5.74) is 0.817. The van der Waals surface area contributed by atoms with E-state index in [1.54, 1.807) is 6.92 Å². The van der Waals surface area contributed by atoms with Crippen molar-refractivity contribution in [2.24, 2.45) is 0 Å². The molecular formula is C9H10O3. The summed E-state index contributed by atoms with van der Waals surface area (Å²) in [6.07, 6.45) is 0. The molecule has 3 heteroatoms. The summed E-state index contributed by atoms with van der Waals surface area (Å²) < 4.78 is 0. The molecule has 3 nitrogen and oxygen atoms in total.